The Bertz CT molecular complexity index is 1580. The molecule has 0 fully saturated rings. The predicted octanol–water partition coefficient (Wildman–Crippen LogP) is 0.464. The zero-order valence-corrected chi connectivity index (χ0v) is 19.6. The Morgan fingerprint density at radius 1 is 0.636 bits per heavy atom. The Morgan fingerprint density at radius 2 is 1.06 bits per heavy atom. The van der Waals surface area contributed by atoms with E-state index in [1.807, 2.05) is 0 Å². The molecule has 0 atom stereocenters. The van der Waals surface area contributed by atoms with Crippen molar-refractivity contribution in [1.82, 2.24) is 0 Å². The number of benzene rings is 2. The largest absolute Gasteiger partial charge is 0.297 e. The highest BCUT2D eigenvalue weighted by Gasteiger charge is 2.34. The molecule has 33 heavy (non-hydrogen) atoms. The first kappa shape index (κ1) is 25.1. The molecular weight excluding hydrogens is 530 g/mol. The average Bonchev–Trinajstić information content (AvgIpc) is 3.00. The molecule has 0 saturated carbocycles. The highest BCUT2D eigenvalue weighted by atomic mass is 32.2. The van der Waals surface area contributed by atoms with E-state index in [0.717, 1.165) is 37.2 Å². The average molecular weight is 546 g/mol. The second-order valence-electron chi connectivity index (χ2n) is 6.78. The topological polar surface area (TPSA) is 245 Å². The number of fused-ring (bicyclic) bond motifs is 1. The fraction of sp³-hybridized carbons (Fsp3) is 0.143. The van der Waals surface area contributed by atoms with Crippen molar-refractivity contribution >= 4 is 57.5 Å². The quantitative estimate of drug-likeness (QED) is 0.279. The summed E-state index contributed by atoms with van der Waals surface area (Å²) >= 11 is 0. The van der Waals surface area contributed by atoms with Crippen LogP contribution in [0.3, 0.4) is 0 Å². The fourth-order valence-electron chi connectivity index (χ4n) is 3.23. The first-order chi connectivity index (χ1) is 14.7. The Balaban J connectivity index is 2.30. The Labute approximate surface area is 188 Å². The Morgan fingerprint density at radius 3 is 1.45 bits per heavy atom. The molecule has 0 aliphatic carbocycles. The van der Waals surface area contributed by atoms with E-state index in [-0.39, 0.29) is 5.69 Å². The lowest BCUT2D eigenvalue weighted by Crippen LogP contribution is -2.30. The number of hydrogen-bond acceptors (Lipinski definition) is 11. The van der Waals surface area contributed by atoms with Gasteiger partial charge < -0.3 is 0 Å². The summed E-state index contributed by atoms with van der Waals surface area (Å²) in [6.45, 7) is 1.98. The van der Waals surface area contributed by atoms with Crippen molar-refractivity contribution in [3.8, 4) is 0 Å². The van der Waals surface area contributed by atoms with E-state index in [1.165, 1.54) is 0 Å². The van der Waals surface area contributed by atoms with E-state index in [4.69, 9.17) is 0 Å². The maximum Gasteiger partial charge on any atom is 0.297 e. The van der Waals surface area contributed by atoms with E-state index in [2.05, 4.69) is 10.9 Å². The van der Waals surface area contributed by atoms with Gasteiger partial charge in [0.25, 0.3) is 40.5 Å². The predicted molar refractivity (Wildman–Crippen MR) is 111 cm³/mol. The standard InChI is InChI=1S/C14H15N3O12S4/c1-6-10(30(18,19)20)3-8(4-11(6)31(21,22)23)17-15-9-5-12(32(24,25)26)7(2)14(13(9)16-17)33(27,28)29/h3-5,15-16H,1-2H3,(H,18,19,20)(H,21,22,23)(H,24,25,26)(H,27,28,29). The maximum atomic E-state index is 11.9. The van der Waals surface area contributed by atoms with Gasteiger partial charge in [0.15, 0.2) is 0 Å². The molecule has 0 amide bonds. The van der Waals surface area contributed by atoms with Gasteiger partial charge in [-0.25, -0.2) is 0 Å². The van der Waals surface area contributed by atoms with Gasteiger partial charge in [0, 0.05) is 0 Å². The minimum Gasteiger partial charge on any atom is -0.282 e. The molecule has 0 saturated heterocycles. The molecule has 3 rings (SSSR count). The first-order valence-electron chi connectivity index (χ1n) is 8.28. The van der Waals surface area contributed by atoms with Crippen LogP contribution in [0.5, 0.6) is 0 Å². The third kappa shape index (κ3) is 4.61. The molecule has 1 aliphatic heterocycles. The van der Waals surface area contributed by atoms with Gasteiger partial charge >= 0.3 is 0 Å². The minimum atomic E-state index is -5.09. The van der Waals surface area contributed by atoms with Crippen LogP contribution in [0, 0.1) is 13.8 Å². The summed E-state index contributed by atoms with van der Waals surface area (Å²) in [6, 6.07) is 2.31. The molecule has 0 radical (unpaired) electrons. The van der Waals surface area contributed by atoms with Crippen LogP contribution in [0.1, 0.15) is 11.1 Å². The molecule has 6 N–H and O–H groups in total. The lowest BCUT2D eigenvalue weighted by Gasteiger charge is -2.21. The monoisotopic (exact) mass is 545 g/mol. The smallest absolute Gasteiger partial charge is 0.282 e. The van der Waals surface area contributed by atoms with Crippen molar-refractivity contribution in [1.29, 1.82) is 0 Å². The normalized spacial score (nSPS) is 14.5. The molecule has 2 aromatic carbocycles. The van der Waals surface area contributed by atoms with Crippen LogP contribution in [0.25, 0.3) is 0 Å². The van der Waals surface area contributed by atoms with Crippen molar-refractivity contribution in [2.45, 2.75) is 33.4 Å². The van der Waals surface area contributed by atoms with E-state index in [9.17, 15) is 51.9 Å². The van der Waals surface area contributed by atoms with E-state index in [1.54, 1.807) is 0 Å². The highest BCUT2D eigenvalue weighted by Crippen LogP contribution is 2.42. The number of nitrogens with one attached hydrogen (secondary N) is 2. The van der Waals surface area contributed by atoms with Crippen molar-refractivity contribution in [3.63, 3.8) is 0 Å². The van der Waals surface area contributed by atoms with Crippen molar-refractivity contribution in [2.75, 3.05) is 16.0 Å². The zero-order valence-electron chi connectivity index (χ0n) is 16.4. The van der Waals surface area contributed by atoms with Crippen LogP contribution in [-0.4, -0.2) is 51.9 Å². The number of rotatable bonds is 5. The Kier molecular flexibility index (Phi) is 5.70. The SMILES string of the molecule is Cc1c(S(=O)(=O)O)cc(N2Nc3cc(S(=O)(=O)O)c(C)c(S(=O)(=O)O)c3N2)cc1S(=O)(=O)O. The summed E-state index contributed by atoms with van der Waals surface area (Å²) in [5, 5.41) is 0.718. The van der Waals surface area contributed by atoms with Gasteiger partial charge in [-0.1, -0.05) is 0 Å². The van der Waals surface area contributed by atoms with E-state index in [0.29, 0.717) is 0 Å². The fourth-order valence-corrected chi connectivity index (χ4v) is 6.55. The summed E-state index contributed by atoms with van der Waals surface area (Å²) < 4.78 is 132. The minimum absolute atomic E-state index is 0.344. The molecule has 15 nitrogen and oxygen atoms in total. The van der Waals surface area contributed by atoms with Crippen LogP contribution >= 0.6 is 0 Å². The molecule has 1 heterocycles. The van der Waals surface area contributed by atoms with Crippen LogP contribution < -0.4 is 16.0 Å². The van der Waals surface area contributed by atoms with Gasteiger partial charge in [0.1, 0.15) is 25.3 Å². The number of anilines is 3. The van der Waals surface area contributed by atoms with Gasteiger partial charge in [-0.3, -0.25) is 29.1 Å². The van der Waals surface area contributed by atoms with Crippen LogP contribution in [0.4, 0.5) is 17.1 Å². The summed E-state index contributed by atoms with van der Waals surface area (Å²) in [5.41, 5.74) is 2.49. The molecule has 182 valence electrons. The van der Waals surface area contributed by atoms with Gasteiger partial charge in [0.05, 0.1) is 11.4 Å². The third-order valence-electron chi connectivity index (χ3n) is 4.58. The Hall–Kier alpha value is -2.52. The highest BCUT2D eigenvalue weighted by molar-refractivity contribution is 7.87. The lowest BCUT2D eigenvalue weighted by atomic mass is 10.2. The van der Waals surface area contributed by atoms with Crippen molar-refractivity contribution in [2.24, 2.45) is 0 Å². The van der Waals surface area contributed by atoms with Gasteiger partial charge in [-0.05, 0) is 43.2 Å². The summed E-state index contributed by atoms with van der Waals surface area (Å²) in [7, 11) is -20.1. The molecule has 0 unspecified atom stereocenters. The number of hydrogen-bond donors (Lipinski definition) is 6. The second kappa shape index (κ2) is 7.50. The molecule has 19 heteroatoms. The van der Waals surface area contributed by atoms with Crippen LogP contribution in [0.2, 0.25) is 0 Å². The summed E-state index contributed by atoms with van der Waals surface area (Å²) in [5.74, 6) is 0. The second-order valence-corrected chi connectivity index (χ2v) is 12.3. The van der Waals surface area contributed by atoms with Crippen LogP contribution in [0.15, 0.2) is 37.8 Å². The molecular formula is C14H15N3O12S4. The van der Waals surface area contributed by atoms with E-state index < -0.39 is 82.6 Å². The van der Waals surface area contributed by atoms with Crippen molar-refractivity contribution < 1.29 is 51.9 Å². The zero-order chi connectivity index (χ0) is 25.3. The van der Waals surface area contributed by atoms with Gasteiger partial charge in [-0.15, -0.1) is 0 Å². The summed E-state index contributed by atoms with van der Waals surface area (Å²) in [6.07, 6.45) is 0. The lowest BCUT2D eigenvalue weighted by molar-refractivity contribution is 0.475. The molecule has 0 spiro atoms. The summed E-state index contributed by atoms with van der Waals surface area (Å²) in [4.78, 5) is -3.68. The number of nitrogens with zero attached hydrogens (tertiary/aromatic N) is 1. The molecule has 0 bridgehead atoms. The molecule has 0 aromatic heterocycles. The van der Waals surface area contributed by atoms with E-state index >= 15 is 0 Å². The van der Waals surface area contributed by atoms with Crippen LogP contribution in [-0.2, 0) is 40.5 Å². The molecule has 2 aromatic rings. The molecule has 1 aliphatic rings. The van der Waals surface area contributed by atoms with Gasteiger partial charge in [-0.2, -0.15) is 38.8 Å². The number of hydrazine groups is 2. The maximum absolute atomic E-state index is 11.9. The van der Waals surface area contributed by atoms with Gasteiger partial charge in [0.2, 0.25) is 0 Å². The third-order valence-corrected chi connectivity index (χ3v) is 8.55. The first-order valence-corrected chi connectivity index (χ1v) is 14.0. The van der Waals surface area contributed by atoms with Crippen molar-refractivity contribution in [3.05, 3.63) is 29.3 Å².